The molecule has 2 aromatic heterocycles. The van der Waals surface area contributed by atoms with E-state index in [9.17, 15) is 15.3 Å². The number of aryl methyl sites for hydroxylation is 1. The number of nitrogens with two attached hydrogens (primary N) is 2. The highest BCUT2D eigenvalue weighted by Crippen LogP contribution is 2.55. The van der Waals surface area contributed by atoms with Gasteiger partial charge >= 0.3 is 0 Å². The molecule has 6 aliphatic rings. The normalized spacial score (nSPS) is 22.4. The van der Waals surface area contributed by atoms with Crippen molar-refractivity contribution in [2.75, 3.05) is 44.9 Å². The summed E-state index contributed by atoms with van der Waals surface area (Å²) >= 11 is 0. The number of benzene rings is 6. The summed E-state index contributed by atoms with van der Waals surface area (Å²) in [7, 11) is 1.52. The molecule has 14 nitrogen and oxygen atoms in total. The molecule has 1 saturated carbocycles. The largest absolute Gasteiger partial charge is 0.508 e. The first-order valence-electron chi connectivity index (χ1n) is 30.8. The number of rotatable bonds is 11. The van der Waals surface area contributed by atoms with Crippen LogP contribution in [0.3, 0.4) is 0 Å². The van der Waals surface area contributed by atoms with Gasteiger partial charge in [0.2, 0.25) is 5.75 Å². The maximum atomic E-state index is 15.3. The first-order valence-corrected chi connectivity index (χ1v) is 30.8. The summed E-state index contributed by atoms with van der Waals surface area (Å²) in [6, 6.07) is 41.9. The molecule has 6 aromatic carbocycles. The average Bonchev–Trinajstić information content (AvgIpc) is 1.77. The predicted octanol–water partition coefficient (Wildman–Crippen LogP) is 11.2. The van der Waals surface area contributed by atoms with E-state index in [4.69, 9.17) is 35.1 Å². The number of aromatic nitrogens is 1. The van der Waals surface area contributed by atoms with Crippen LogP contribution in [0.5, 0.6) is 23.0 Å². The maximum absolute atomic E-state index is 15.3. The van der Waals surface area contributed by atoms with Gasteiger partial charge in [-0.05, 0) is 138 Å². The lowest BCUT2D eigenvalue weighted by molar-refractivity contribution is 0.156. The molecule has 14 heteroatoms. The minimum atomic E-state index is -0.894. The predicted molar refractivity (Wildman–Crippen MR) is 343 cm³/mol. The minimum Gasteiger partial charge on any atom is -0.508 e. The van der Waals surface area contributed by atoms with Gasteiger partial charge in [-0.2, -0.15) is 0 Å². The number of ether oxygens (including phenoxy) is 3. The number of guanidine groups is 1. The van der Waals surface area contributed by atoms with Crippen LogP contribution in [0.25, 0.3) is 39.5 Å². The standard InChI is InChI=1S/C73H76N6O8/c1-4-49-15-13-46-31-43(2)60-38-58-51-12-8-11-45(32-51)33-53-19-24-59-70(79(29-28-76-59)71(58)77-60)73(27-25-47(40-73)35-54(49)34-46)55-20-16-52(61(37-55)78-72(74)75)36-48(41-80)42-86-67-64(53)66-65(62(83)39-63(87-66)50-17-22-56(81)23-18-50)68(69(67)84-3)85-30-26-57(82)21-14-44-9-6-5-7-10-44/h5-18,20-23,32,34,37-39,43,47-48,53,57,59,70,76-77,80-82H,4,25-31,33,35-36,40-42H2,1-3H3,(H4,74,75,78)/b21-14+/t43-,47-,48-,53-,57+,59-,70-,73+/m1/s1. The van der Waals surface area contributed by atoms with E-state index < -0.39 is 34.8 Å². The van der Waals surface area contributed by atoms with E-state index in [-0.39, 0.29) is 83.9 Å². The molecule has 14 rings (SSSR count). The van der Waals surface area contributed by atoms with Crippen molar-refractivity contribution in [2.24, 2.45) is 28.3 Å². The lowest BCUT2D eigenvalue weighted by atomic mass is 9.67. The molecule has 1 spiro atoms. The molecule has 9 N–H and O–H groups in total. The lowest BCUT2D eigenvalue weighted by Gasteiger charge is -2.51. The molecule has 1 aliphatic carbocycles. The number of phenols is 1. The summed E-state index contributed by atoms with van der Waals surface area (Å²) in [4.78, 5) is 27.0. The summed E-state index contributed by atoms with van der Waals surface area (Å²) in [6.07, 6.45) is 9.05. The zero-order chi connectivity index (χ0) is 59.9. The highest BCUT2D eigenvalue weighted by atomic mass is 16.5. The van der Waals surface area contributed by atoms with Gasteiger partial charge in [0.25, 0.3) is 0 Å². The van der Waals surface area contributed by atoms with E-state index in [1.54, 1.807) is 30.3 Å². The molecule has 87 heavy (non-hydrogen) atoms. The van der Waals surface area contributed by atoms with E-state index in [1.807, 2.05) is 36.4 Å². The molecule has 0 amide bonds. The number of piperazine rings is 1. The number of aromatic amines is 1. The Hall–Kier alpha value is -8.74. The van der Waals surface area contributed by atoms with Gasteiger partial charge in [-0.15, -0.1) is 0 Å². The molecule has 5 aliphatic heterocycles. The van der Waals surface area contributed by atoms with E-state index in [2.05, 4.69) is 108 Å². The average molecular weight is 1170 g/mol. The first kappa shape index (κ1) is 57.3. The van der Waals surface area contributed by atoms with Crippen LogP contribution in [0.1, 0.15) is 102 Å². The third kappa shape index (κ3) is 11.2. The SMILES string of the molecule is CCc1ccc2cc1C[C@H]1CC[C@]3(C1)c1ccc(c(N=C(N)N)c1)C[C@H](CO)COc1c(OC)c(OCC[C@@H](O)/C=C/c4ccccc4)c4c(=O)cc(-c5ccc(O)cc5)oc4c1[C@@H]1C#C[C@H]4NCCN(c5[nH]c(cc5-c5cccc(c5)C1)[C@H](C)C2)[C@H]43. The Morgan fingerprint density at radius 3 is 2.55 bits per heavy atom. The molecule has 8 atom stereocenters. The van der Waals surface area contributed by atoms with Gasteiger partial charge in [0.15, 0.2) is 28.5 Å². The van der Waals surface area contributed by atoms with Gasteiger partial charge in [-0.25, -0.2) is 4.99 Å². The molecule has 446 valence electrons. The zero-order valence-corrected chi connectivity index (χ0v) is 49.7. The number of aliphatic hydroxyl groups is 2. The van der Waals surface area contributed by atoms with E-state index >= 15 is 4.79 Å². The Labute approximate surface area is 507 Å². The monoisotopic (exact) mass is 1160 g/mol. The molecule has 0 radical (unpaired) electrons. The van der Waals surface area contributed by atoms with Crippen molar-refractivity contribution in [1.29, 1.82) is 0 Å². The Kier molecular flexibility index (Phi) is 15.9. The van der Waals surface area contributed by atoms with Gasteiger partial charge in [0.05, 0.1) is 55.7 Å². The summed E-state index contributed by atoms with van der Waals surface area (Å²) in [5, 5.41) is 37.4. The molecule has 7 heterocycles. The quantitative estimate of drug-likeness (QED) is 0.0366. The van der Waals surface area contributed by atoms with Crippen molar-refractivity contribution in [3.63, 3.8) is 0 Å². The topological polar surface area (TPSA) is 214 Å². The number of aliphatic hydroxyl groups excluding tert-OH is 2. The molecular formula is C73H76N6O8. The second-order valence-electron chi connectivity index (χ2n) is 24.6. The highest BCUT2D eigenvalue weighted by molar-refractivity contribution is 5.94. The number of methoxy groups -OCH3 is 1. The van der Waals surface area contributed by atoms with E-state index in [1.165, 1.54) is 29.9 Å². The number of aromatic hydroxyl groups is 1. The number of anilines is 1. The summed E-state index contributed by atoms with van der Waals surface area (Å²) in [5.41, 5.74) is 25.0. The first-order chi connectivity index (χ1) is 42.4. The number of hydrogen-bond donors (Lipinski definition) is 7. The van der Waals surface area contributed by atoms with Crippen LogP contribution in [0.2, 0.25) is 0 Å². The fourth-order valence-electron chi connectivity index (χ4n) is 14.7. The fraction of sp³-hybridized carbons (Fsp3) is 0.342. The Balaban J connectivity index is 1.08. The second-order valence-corrected chi connectivity index (χ2v) is 24.6. The zero-order valence-electron chi connectivity index (χ0n) is 49.7. The molecular weight excluding hydrogens is 1090 g/mol. The van der Waals surface area contributed by atoms with Crippen molar-refractivity contribution in [1.82, 2.24) is 10.3 Å². The fourth-order valence-corrected chi connectivity index (χ4v) is 14.7. The van der Waals surface area contributed by atoms with Crippen LogP contribution in [-0.2, 0) is 37.5 Å². The van der Waals surface area contributed by atoms with E-state index in [0.29, 0.717) is 48.7 Å². The molecule has 1 saturated heterocycles. The van der Waals surface area contributed by atoms with Crippen LogP contribution in [0.4, 0.5) is 11.5 Å². The number of fused-ring (bicyclic) bond motifs is 13. The van der Waals surface area contributed by atoms with Crippen LogP contribution in [-0.4, -0.2) is 84.5 Å². The number of phenolic OH excluding ortho intramolecular Hbond substituents is 1. The summed E-state index contributed by atoms with van der Waals surface area (Å²) < 4.78 is 27.5. The lowest BCUT2D eigenvalue weighted by Crippen LogP contribution is -2.65. The Morgan fingerprint density at radius 2 is 1.75 bits per heavy atom. The number of aliphatic imine (C=N–C) groups is 1. The Morgan fingerprint density at radius 1 is 0.908 bits per heavy atom. The van der Waals surface area contributed by atoms with Crippen molar-refractivity contribution in [3.05, 3.63) is 194 Å². The highest BCUT2D eigenvalue weighted by Gasteiger charge is 2.53. The van der Waals surface area contributed by atoms with Gasteiger partial charge in [0.1, 0.15) is 22.7 Å². The van der Waals surface area contributed by atoms with Crippen LogP contribution >= 0.6 is 0 Å². The number of H-pyrrole nitrogens is 1. The van der Waals surface area contributed by atoms with Crippen LogP contribution < -0.4 is 41.3 Å². The molecule has 0 unspecified atom stereocenters. The van der Waals surface area contributed by atoms with Gasteiger partial charge in [-0.3, -0.25) is 4.79 Å². The van der Waals surface area contributed by atoms with Gasteiger partial charge < -0.3 is 60.6 Å². The Bertz CT molecular complexity index is 4060. The number of hydrogen-bond acceptors (Lipinski definition) is 11. The van der Waals surface area contributed by atoms with Crippen molar-refractivity contribution < 1.29 is 33.9 Å². The van der Waals surface area contributed by atoms with Gasteiger partial charge in [0, 0.05) is 66.3 Å². The van der Waals surface area contributed by atoms with Crippen LogP contribution in [0, 0.1) is 23.7 Å². The number of nitrogens with one attached hydrogen (secondary N) is 2. The van der Waals surface area contributed by atoms with E-state index in [0.717, 1.165) is 83.4 Å². The molecule has 8 aromatic rings. The third-order valence-electron chi connectivity index (χ3n) is 18.9. The summed E-state index contributed by atoms with van der Waals surface area (Å²) in [6.45, 7) is 5.62. The smallest absolute Gasteiger partial charge is 0.204 e. The summed E-state index contributed by atoms with van der Waals surface area (Å²) in [5.74, 6) is 8.93. The molecule has 14 bridgehead atoms. The van der Waals surface area contributed by atoms with Crippen LogP contribution in [0.15, 0.2) is 148 Å². The maximum Gasteiger partial charge on any atom is 0.204 e. The van der Waals surface area contributed by atoms with Crippen molar-refractivity contribution >= 4 is 34.5 Å². The third-order valence-corrected chi connectivity index (χ3v) is 18.9. The molecule has 2 fully saturated rings. The van der Waals surface area contributed by atoms with Gasteiger partial charge in [-0.1, -0.05) is 123 Å². The van der Waals surface area contributed by atoms with Crippen molar-refractivity contribution in [3.8, 4) is 57.3 Å². The van der Waals surface area contributed by atoms with Crippen molar-refractivity contribution in [2.45, 2.75) is 107 Å². The minimum absolute atomic E-state index is 0.0238. The second kappa shape index (κ2) is 24.2. The number of nitrogens with zero attached hydrogens (tertiary/aromatic N) is 2.